The van der Waals surface area contributed by atoms with Gasteiger partial charge in [0.05, 0.1) is 5.02 Å². The Balaban J connectivity index is 2.36. The van der Waals surface area contributed by atoms with Gasteiger partial charge in [-0.3, -0.25) is 4.99 Å². The first-order chi connectivity index (χ1) is 8.99. The fourth-order valence-corrected chi connectivity index (χ4v) is 2.60. The van der Waals surface area contributed by atoms with Gasteiger partial charge in [-0.15, -0.1) is 0 Å². The molecule has 1 unspecified atom stereocenters. The number of benzene rings is 1. The topological polar surface area (TPSA) is 32.6 Å². The molecular weight excluding hydrogens is 281 g/mol. The molecule has 0 spiro atoms. The van der Waals surface area contributed by atoms with E-state index in [9.17, 15) is 5.11 Å². The number of phenols is 1. The highest BCUT2D eigenvalue weighted by molar-refractivity contribution is 6.36. The highest BCUT2D eigenvalue weighted by atomic mass is 35.5. The zero-order valence-electron chi connectivity index (χ0n) is 10.8. The zero-order valence-corrected chi connectivity index (χ0v) is 12.3. The largest absolute Gasteiger partial charge is 0.506 e. The summed E-state index contributed by atoms with van der Waals surface area (Å²) in [4.78, 5) is 4.48. The maximum absolute atomic E-state index is 9.87. The first-order valence-corrected chi connectivity index (χ1v) is 6.84. The fraction of sp³-hybridized carbons (Fsp3) is 0.267. The van der Waals surface area contributed by atoms with Gasteiger partial charge in [-0.25, -0.2) is 0 Å². The van der Waals surface area contributed by atoms with E-state index >= 15 is 0 Å². The van der Waals surface area contributed by atoms with Crippen molar-refractivity contribution in [3.05, 3.63) is 51.2 Å². The van der Waals surface area contributed by atoms with Crippen molar-refractivity contribution >= 4 is 29.4 Å². The quantitative estimate of drug-likeness (QED) is 0.766. The lowest BCUT2D eigenvalue weighted by Crippen LogP contribution is -2.03. The van der Waals surface area contributed by atoms with Crippen molar-refractivity contribution in [3.63, 3.8) is 0 Å². The van der Waals surface area contributed by atoms with Crippen LogP contribution in [-0.2, 0) is 0 Å². The van der Waals surface area contributed by atoms with E-state index < -0.39 is 0 Å². The Bertz CT molecular complexity index is 588. The Kier molecular flexibility index (Phi) is 4.33. The zero-order chi connectivity index (χ0) is 14.0. The van der Waals surface area contributed by atoms with Crippen LogP contribution in [0.5, 0.6) is 5.75 Å². The Morgan fingerprint density at radius 3 is 2.79 bits per heavy atom. The van der Waals surface area contributed by atoms with E-state index in [0.717, 1.165) is 17.7 Å². The van der Waals surface area contributed by atoms with Crippen LogP contribution in [0.25, 0.3) is 0 Å². The molecule has 19 heavy (non-hydrogen) atoms. The van der Waals surface area contributed by atoms with Gasteiger partial charge in [-0.05, 0) is 31.1 Å². The maximum Gasteiger partial charge on any atom is 0.143 e. The molecule has 1 N–H and O–H groups in total. The molecular formula is C15H15Cl2NO. The standard InChI is InChI=1S/C15H15Cl2NO/c1-9-4-3-5-10(2)14(9)18-8-11-6-12(16)7-13(17)15(11)19/h3-4,6-8,10,19H,5H2,1-2H3. The molecule has 1 atom stereocenters. The van der Waals surface area contributed by atoms with Crippen LogP contribution in [0, 0.1) is 5.92 Å². The second-order valence-electron chi connectivity index (χ2n) is 4.69. The summed E-state index contributed by atoms with van der Waals surface area (Å²) in [5, 5.41) is 10.6. The highest BCUT2D eigenvalue weighted by Gasteiger charge is 2.13. The predicted octanol–water partition coefficient (Wildman–Crippen LogP) is 4.99. The molecule has 0 amide bonds. The van der Waals surface area contributed by atoms with Gasteiger partial charge in [0.1, 0.15) is 5.75 Å². The van der Waals surface area contributed by atoms with Crippen molar-refractivity contribution in [2.24, 2.45) is 10.9 Å². The van der Waals surface area contributed by atoms with Crippen LogP contribution in [0.3, 0.4) is 0 Å². The minimum atomic E-state index is 0.00655. The van der Waals surface area contributed by atoms with Gasteiger partial charge in [0, 0.05) is 28.4 Å². The van der Waals surface area contributed by atoms with Crippen LogP contribution in [0.2, 0.25) is 10.0 Å². The van der Waals surface area contributed by atoms with E-state index in [2.05, 4.69) is 24.1 Å². The summed E-state index contributed by atoms with van der Waals surface area (Å²) in [6.45, 7) is 4.16. The Morgan fingerprint density at radius 2 is 2.11 bits per heavy atom. The van der Waals surface area contributed by atoms with E-state index in [-0.39, 0.29) is 10.8 Å². The van der Waals surface area contributed by atoms with Gasteiger partial charge < -0.3 is 5.11 Å². The van der Waals surface area contributed by atoms with Gasteiger partial charge in [-0.2, -0.15) is 0 Å². The van der Waals surface area contributed by atoms with Gasteiger partial charge in [0.25, 0.3) is 0 Å². The first kappa shape index (κ1) is 14.2. The fourth-order valence-electron chi connectivity index (χ4n) is 2.09. The van der Waals surface area contributed by atoms with E-state index in [1.807, 2.05) is 6.92 Å². The molecule has 0 fully saturated rings. The molecule has 1 aromatic rings. The summed E-state index contributed by atoms with van der Waals surface area (Å²) in [6, 6.07) is 3.15. The normalized spacial score (nSPS) is 19.5. The lowest BCUT2D eigenvalue weighted by molar-refractivity contribution is 0.474. The second-order valence-corrected chi connectivity index (χ2v) is 5.53. The van der Waals surface area contributed by atoms with Gasteiger partial charge in [-0.1, -0.05) is 42.3 Å². The van der Waals surface area contributed by atoms with Gasteiger partial charge >= 0.3 is 0 Å². The number of allylic oxidation sites excluding steroid dienone is 4. The number of hydrogen-bond donors (Lipinski definition) is 1. The molecule has 0 radical (unpaired) electrons. The number of nitrogens with zero attached hydrogens (tertiary/aromatic N) is 1. The Morgan fingerprint density at radius 1 is 1.37 bits per heavy atom. The van der Waals surface area contributed by atoms with Crippen LogP contribution in [0.15, 0.2) is 40.5 Å². The lowest BCUT2D eigenvalue weighted by Gasteiger charge is -2.16. The van der Waals surface area contributed by atoms with Crippen LogP contribution in [0.1, 0.15) is 25.8 Å². The lowest BCUT2D eigenvalue weighted by atomic mass is 9.95. The number of phenolic OH excluding ortho intramolecular Hbond substituents is 1. The minimum absolute atomic E-state index is 0.00655. The van der Waals surface area contributed by atoms with Crippen LogP contribution >= 0.6 is 23.2 Å². The summed E-state index contributed by atoms with van der Waals surface area (Å²) < 4.78 is 0. The number of halogens is 2. The molecule has 2 rings (SSSR count). The van der Waals surface area contributed by atoms with E-state index in [4.69, 9.17) is 23.2 Å². The third-order valence-corrected chi connectivity index (χ3v) is 3.64. The summed E-state index contributed by atoms with van der Waals surface area (Å²) >= 11 is 11.8. The number of hydrogen-bond acceptors (Lipinski definition) is 2. The molecule has 0 saturated carbocycles. The SMILES string of the molecule is CC1=C(N=Cc2cc(Cl)cc(Cl)c2O)C(C)CC=C1. The number of aromatic hydroxyl groups is 1. The third-order valence-electron chi connectivity index (χ3n) is 3.13. The number of aliphatic imine (C=N–C) groups is 1. The number of rotatable bonds is 2. The molecule has 0 aromatic heterocycles. The molecule has 100 valence electrons. The van der Waals surface area contributed by atoms with Crippen molar-refractivity contribution in [3.8, 4) is 5.75 Å². The molecule has 0 saturated heterocycles. The van der Waals surface area contributed by atoms with Crippen molar-refractivity contribution < 1.29 is 5.11 Å². The average molecular weight is 296 g/mol. The smallest absolute Gasteiger partial charge is 0.143 e. The molecule has 0 heterocycles. The molecule has 1 aromatic carbocycles. The molecule has 0 bridgehead atoms. The van der Waals surface area contributed by atoms with Gasteiger partial charge in [0.15, 0.2) is 0 Å². The summed E-state index contributed by atoms with van der Waals surface area (Å²) in [7, 11) is 0. The molecule has 0 aliphatic heterocycles. The molecule has 1 aliphatic rings. The predicted molar refractivity (Wildman–Crippen MR) is 81.3 cm³/mol. The van der Waals surface area contributed by atoms with E-state index in [0.29, 0.717) is 16.5 Å². The van der Waals surface area contributed by atoms with E-state index in [1.54, 1.807) is 12.3 Å². The van der Waals surface area contributed by atoms with Crippen LogP contribution in [0.4, 0.5) is 0 Å². The van der Waals surface area contributed by atoms with Crippen molar-refractivity contribution in [1.82, 2.24) is 0 Å². The molecule has 1 aliphatic carbocycles. The van der Waals surface area contributed by atoms with Crippen LogP contribution < -0.4 is 0 Å². The average Bonchev–Trinajstić information content (AvgIpc) is 2.34. The molecule has 4 heteroatoms. The summed E-state index contributed by atoms with van der Waals surface area (Å²) in [5.41, 5.74) is 2.69. The van der Waals surface area contributed by atoms with Crippen molar-refractivity contribution in [1.29, 1.82) is 0 Å². The highest BCUT2D eigenvalue weighted by Crippen LogP contribution is 2.31. The monoisotopic (exact) mass is 295 g/mol. The van der Waals surface area contributed by atoms with Crippen molar-refractivity contribution in [2.75, 3.05) is 0 Å². The van der Waals surface area contributed by atoms with Crippen molar-refractivity contribution in [2.45, 2.75) is 20.3 Å². The van der Waals surface area contributed by atoms with Gasteiger partial charge in [0.2, 0.25) is 0 Å². The molecule has 2 nitrogen and oxygen atoms in total. The van der Waals surface area contributed by atoms with Crippen LogP contribution in [-0.4, -0.2) is 11.3 Å². The Hall–Kier alpha value is -1.25. The second kappa shape index (κ2) is 5.81. The van der Waals surface area contributed by atoms with E-state index in [1.165, 1.54) is 6.07 Å². The third kappa shape index (κ3) is 3.20. The maximum atomic E-state index is 9.87. The summed E-state index contributed by atoms with van der Waals surface area (Å²) in [5.74, 6) is 0.380. The Labute approximate surface area is 123 Å². The first-order valence-electron chi connectivity index (χ1n) is 6.08. The summed E-state index contributed by atoms with van der Waals surface area (Å²) in [6.07, 6.45) is 6.80. The minimum Gasteiger partial charge on any atom is -0.506 e.